The number of amides is 2. The maximum atomic E-state index is 13.2. The number of rotatable bonds is 3. The number of likely N-dealkylation sites (tertiary alicyclic amines) is 1. The molecule has 1 heterocycles. The largest absolute Gasteiger partial charge is 0.368 e. The Morgan fingerprint density at radius 3 is 2.72 bits per heavy atom. The fourth-order valence-corrected chi connectivity index (χ4v) is 4.13. The van der Waals surface area contributed by atoms with Crippen molar-refractivity contribution in [2.24, 2.45) is 17.6 Å². The van der Waals surface area contributed by atoms with E-state index in [9.17, 15) is 9.59 Å². The van der Waals surface area contributed by atoms with Gasteiger partial charge >= 0.3 is 0 Å². The molecule has 5 heteroatoms. The molecule has 2 N–H and O–H groups in total. The van der Waals surface area contributed by atoms with E-state index in [1.165, 1.54) is 0 Å². The third-order valence-corrected chi connectivity index (χ3v) is 5.48. The zero-order chi connectivity index (χ0) is 17.7. The standard InChI is InChI=1S/C20H19ClN2O2/c1-11-5-6-15(12-3-2-4-14(21)8-12)17(7-11)20(25)23-10-13-9-16(13)18(23)19(22)24/h2-8,13,16,18H,9-10H2,1H3,(H2,22,24)/t13-,16-,18+/m1/s1. The van der Waals surface area contributed by atoms with Gasteiger partial charge in [-0.3, -0.25) is 9.59 Å². The lowest BCUT2D eigenvalue weighted by atomic mass is 9.96. The molecule has 2 fully saturated rings. The van der Waals surface area contributed by atoms with Crippen molar-refractivity contribution in [2.45, 2.75) is 19.4 Å². The minimum absolute atomic E-state index is 0.130. The molecule has 128 valence electrons. The van der Waals surface area contributed by atoms with Crippen molar-refractivity contribution in [1.82, 2.24) is 4.90 Å². The quantitative estimate of drug-likeness (QED) is 0.919. The fourth-order valence-electron chi connectivity index (χ4n) is 3.94. The lowest BCUT2D eigenvalue weighted by molar-refractivity contribution is -0.122. The van der Waals surface area contributed by atoms with E-state index < -0.39 is 11.9 Å². The molecule has 25 heavy (non-hydrogen) atoms. The molecule has 2 amide bonds. The molecule has 0 unspecified atom stereocenters. The van der Waals surface area contributed by atoms with Crippen LogP contribution >= 0.6 is 11.6 Å². The summed E-state index contributed by atoms with van der Waals surface area (Å²) >= 11 is 6.12. The number of benzene rings is 2. The van der Waals surface area contributed by atoms with E-state index in [0.717, 1.165) is 23.1 Å². The van der Waals surface area contributed by atoms with Gasteiger partial charge in [-0.1, -0.05) is 41.4 Å². The predicted octanol–water partition coefficient (Wildman–Crippen LogP) is 3.26. The van der Waals surface area contributed by atoms with Crippen molar-refractivity contribution in [3.63, 3.8) is 0 Å². The molecule has 1 aliphatic heterocycles. The summed E-state index contributed by atoms with van der Waals surface area (Å²) in [6.07, 6.45) is 0.992. The second kappa shape index (κ2) is 5.88. The van der Waals surface area contributed by atoms with Crippen molar-refractivity contribution >= 4 is 23.4 Å². The Labute approximate surface area is 151 Å². The first-order valence-corrected chi connectivity index (χ1v) is 8.80. The number of carbonyl (C=O) groups is 2. The topological polar surface area (TPSA) is 63.4 Å². The van der Waals surface area contributed by atoms with Crippen LogP contribution in [0.2, 0.25) is 5.02 Å². The average molecular weight is 355 g/mol. The minimum atomic E-state index is -0.481. The van der Waals surface area contributed by atoms with Crippen LogP contribution in [0.25, 0.3) is 11.1 Å². The number of hydrogen-bond acceptors (Lipinski definition) is 2. The van der Waals surface area contributed by atoms with Crippen LogP contribution in [0.3, 0.4) is 0 Å². The molecule has 4 nitrogen and oxygen atoms in total. The number of carbonyl (C=O) groups excluding carboxylic acids is 2. The number of aryl methyl sites for hydroxylation is 1. The molecule has 2 aromatic rings. The first kappa shape index (κ1) is 16.2. The second-order valence-electron chi connectivity index (χ2n) is 7.02. The van der Waals surface area contributed by atoms with E-state index in [2.05, 4.69) is 0 Å². The highest BCUT2D eigenvalue weighted by Crippen LogP contribution is 2.50. The summed E-state index contributed by atoms with van der Waals surface area (Å²) in [5, 5.41) is 0.619. The van der Waals surface area contributed by atoms with E-state index in [-0.39, 0.29) is 11.8 Å². The van der Waals surface area contributed by atoms with Crippen LogP contribution in [0.4, 0.5) is 0 Å². The molecule has 3 atom stereocenters. The molecule has 2 aromatic carbocycles. The normalized spacial score (nSPS) is 24.1. The molecule has 0 radical (unpaired) electrons. The Kier molecular flexibility index (Phi) is 3.80. The molecule has 4 rings (SSSR count). The molecular weight excluding hydrogens is 336 g/mol. The predicted molar refractivity (Wildman–Crippen MR) is 97.2 cm³/mol. The lowest BCUT2D eigenvalue weighted by Gasteiger charge is -2.26. The monoisotopic (exact) mass is 354 g/mol. The van der Waals surface area contributed by atoms with Gasteiger partial charge in [0.05, 0.1) is 0 Å². The van der Waals surface area contributed by atoms with E-state index in [4.69, 9.17) is 17.3 Å². The van der Waals surface area contributed by atoms with Crippen molar-refractivity contribution in [3.8, 4) is 11.1 Å². The summed E-state index contributed by atoms with van der Waals surface area (Å²) in [6, 6.07) is 12.7. The maximum absolute atomic E-state index is 13.2. The van der Waals surface area contributed by atoms with Gasteiger partial charge in [-0.2, -0.15) is 0 Å². The van der Waals surface area contributed by atoms with Crippen LogP contribution in [0, 0.1) is 18.8 Å². The minimum Gasteiger partial charge on any atom is -0.368 e. The van der Waals surface area contributed by atoms with Gasteiger partial charge in [-0.25, -0.2) is 0 Å². The van der Waals surface area contributed by atoms with Crippen molar-refractivity contribution < 1.29 is 9.59 Å². The van der Waals surface area contributed by atoms with Gasteiger partial charge in [0.25, 0.3) is 5.91 Å². The first-order chi connectivity index (χ1) is 12.0. The molecular formula is C20H19ClN2O2. The number of fused-ring (bicyclic) bond motifs is 1. The van der Waals surface area contributed by atoms with Crippen molar-refractivity contribution in [3.05, 3.63) is 58.6 Å². The van der Waals surface area contributed by atoms with Gasteiger partial charge in [0, 0.05) is 17.1 Å². The number of halogens is 1. The van der Waals surface area contributed by atoms with Crippen LogP contribution in [0.5, 0.6) is 0 Å². The fraction of sp³-hybridized carbons (Fsp3) is 0.300. The van der Waals surface area contributed by atoms with Gasteiger partial charge < -0.3 is 10.6 Å². The molecule has 1 saturated heterocycles. The zero-order valence-electron chi connectivity index (χ0n) is 13.9. The smallest absolute Gasteiger partial charge is 0.255 e. The van der Waals surface area contributed by atoms with Crippen LogP contribution in [0.1, 0.15) is 22.3 Å². The third kappa shape index (κ3) is 2.81. The van der Waals surface area contributed by atoms with Crippen LogP contribution in [-0.4, -0.2) is 29.3 Å². The van der Waals surface area contributed by atoms with E-state index in [1.807, 2.05) is 43.3 Å². The SMILES string of the molecule is Cc1ccc(-c2cccc(Cl)c2)c(C(=O)N2C[C@H]3C[C@H]3[C@H]2C(N)=O)c1. The van der Waals surface area contributed by atoms with Gasteiger partial charge in [0.15, 0.2) is 0 Å². The lowest BCUT2D eigenvalue weighted by Crippen LogP contribution is -2.46. The molecule has 2 aliphatic rings. The Bertz CT molecular complexity index is 880. The summed E-state index contributed by atoms with van der Waals surface area (Å²) in [7, 11) is 0. The van der Waals surface area contributed by atoms with Crippen LogP contribution < -0.4 is 5.73 Å². The molecule has 0 aromatic heterocycles. The number of hydrogen-bond donors (Lipinski definition) is 1. The maximum Gasteiger partial charge on any atom is 0.255 e. The molecule has 1 aliphatic carbocycles. The van der Waals surface area contributed by atoms with Gasteiger partial charge in [-0.05, 0) is 54.5 Å². The highest BCUT2D eigenvalue weighted by atomic mass is 35.5. The zero-order valence-corrected chi connectivity index (χ0v) is 14.7. The number of nitrogens with two attached hydrogens (primary N) is 1. The van der Waals surface area contributed by atoms with Gasteiger partial charge in [0.2, 0.25) is 5.91 Å². The summed E-state index contributed by atoms with van der Waals surface area (Å²) in [5.74, 6) is 0.117. The second-order valence-corrected chi connectivity index (χ2v) is 7.46. The Morgan fingerprint density at radius 1 is 1.20 bits per heavy atom. The number of piperidine rings is 1. The highest BCUT2D eigenvalue weighted by Gasteiger charge is 2.56. The summed E-state index contributed by atoms with van der Waals surface area (Å²) in [6.45, 7) is 2.56. The van der Waals surface area contributed by atoms with E-state index >= 15 is 0 Å². The van der Waals surface area contributed by atoms with E-state index in [1.54, 1.807) is 11.0 Å². The van der Waals surface area contributed by atoms with E-state index in [0.29, 0.717) is 23.0 Å². The number of nitrogens with zero attached hydrogens (tertiary/aromatic N) is 1. The van der Waals surface area contributed by atoms with Crippen molar-refractivity contribution in [1.29, 1.82) is 0 Å². The summed E-state index contributed by atoms with van der Waals surface area (Å²) in [5.41, 5.74) is 8.86. The van der Waals surface area contributed by atoms with Crippen LogP contribution in [0.15, 0.2) is 42.5 Å². The van der Waals surface area contributed by atoms with Crippen LogP contribution in [-0.2, 0) is 4.79 Å². The first-order valence-electron chi connectivity index (χ1n) is 8.42. The Balaban J connectivity index is 1.76. The Morgan fingerprint density at radius 2 is 2.00 bits per heavy atom. The average Bonchev–Trinajstić information content (AvgIpc) is 3.23. The summed E-state index contributed by atoms with van der Waals surface area (Å²) < 4.78 is 0. The highest BCUT2D eigenvalue weighted by molar-refractivity contribution is 6.30. The number of primary amides is 1. The van der Waals surface area contributed by atoms with Gasteiger partial charge in [-0.15, -0.1) is 0 Å². The third-order valence-electron chi connectivity index (χ3n) is 5.24. The molecule has 0 spiro atoms. The van der Waals surface area contributed by atoms with Gasteiger partial charge in [0.1, 0.15) is 6.04 Å². The molecule has 0 bridgehead atoms. The summed E-state index contributed by atoms with van der Waals surface area (Å²) in [4.78, 5) is 26.8. The Hall–Kier alpha value is -2.33. The van der Waals surface area contributed by atoms with Crippen molar-refractivity contribution in [2.75, 3.05) is 6.54 Å². The molecule has 1 saturated carbocycles.